The Bertz CT molecular complexity index is 359. The molecule has 5 nitrogen and oxygen atoms in total. The summed E-state index contributed by atoms with van der Waals surface area (Å²) >= 11 is 0. The van der Waals surface area contributed by atoms with Crippen LogP contribution in [0.2, 0.25) is 0 Å². The van der Waals surface area contributed by atoms with Crippen molar-refractivity contribution in [2.24, 2.45) is 17.8 Å². The van der Waals surface area contributed by atoms with Crippen molar-refractivity contribution >= 4 is 12.0 Å². The third-order valence-corrected chi connectivity index (χ3v) is 4.70. The quantitative estimate of drug-likeness (QED) is 0.831. The van der Waals surface area contributed by atoms with Crippen LogP contribution in [0.5, 0.6) is 0 Å². The van der Waals surface area contributed by atoms with Crippen molar-refractivity contribution in [1.29, 1.82) is 0 Å². The van der Waals surface area contributed by atoms with E-state index in [1.807, 2.05) is 0 Å². The summed E-state index contributed by atoms with van der Waals surface area (Å²) in [6, 6.07) is -0.0994. The van der Waals surface area contributed by atoms with E-state index in [-0.39, 0.29) is 11.9 Å². The van der Waals surface area contributed by atoms with Gasteiger partial charge in [-0.1, -0.05) is 26.2 Å². The van der Waals surface area contributed by atoms with E-state index in [9.17, 15) is 9.59 Å². The van der Waals surface area contributed by atoms with Crippen molar-refractivity contribution in [3.63, 3.8) is 0 Å². The number of carboxylic acid groups (broad SMARTS) is 1. The Kier molecular flexibility index (Phi) is 5.26. The number of rotatable bonds is 4. The van der Waals surface area contributed by atoms with Gasteiger partial charge in [0.05, 0.1) is 5.92 Å². The second kappa shape index (κ2) is 6.95. The first-order valence-corrected chi connectivity index (χ1v) is 7.82. The molecule has 0 aromatic carbocycles. The minimum absolute atomic E-state index is 0.0994. The number of likely N-dealkylation sites (tertiary alicyclic amines) is 1. The molecule has 0 radical (unpaired) electrons. The monoisotopic (exact) mass is 282 g/mol. The lowest BCUT2D eigenvalue weighted by molar-refractivity contribution is -0.141. The standard InChI is InChI=1S/C15H26N2O3/c1-11-3-2-4-12(9-11)5-7-16-15(20)17-8-6-13(10-17)14(18)19/h11-13H,2-10H2,1H3,(H,16,20)(H,18,19). The van der Waals surface area contributed by atoms with E-state index < -0.39 is 5.97 Å². The lowest BCUT2D eigenvalue weighted by Crippen LogP contribution is -2.39. The fourth-order valence-corrected chi connectivity index (χ4v) is 3.46. The van der Waals surface area contributed by atoms with Gasteiger partial charge in [-0.05, 0) is 31.1 Å². The van der Waals surface area contributed by atoms with Gasteiger partial charge >= 0.3 is 12.0 Å². The van der Waals surface area contributed by atoms with Crippen LogP contribution < -0.4 is 5.32 Å². The maximum absolute atomic E-state index is 11.9. The first-order chi connectivity index (χ1) is 9.56. The van der Waals surface area contributed by atoms with Gasteiger partial charge < -0.3 is 15.3 Å². The molecule has 0 spiro atoms. The number of carbonyl (C=O) groups excluding carboxylic acids is 1. The molecule has 3 unspecified atom stereocenters. The number of carboxylic acids is 1. The molecule has 1 aliphatic carbocycles. The van der Waals surface area contributed by atoms with Crippen LogP contribution in [0.15, 0.2) is 0 Å². The first-order valence-electron chi connectivity index (χ1n) is 7.82. The van der Waals surface area contributed by atoms with Crippen molar-refractivity contribution in [3.05, 3.63) is 0 Å². The highest BCUT2D eigenvalue weighted by atomic mass is 16.4. The number of carbonyl (C=O) groups is 2. The van der Waals surface area contributed by atoms with E-state index in [1.165, 1.54) is 25.7 Å². The number of hydrogen-bond donors (Lipinski definition) is 2. The Labute approximate surface area is 120 Å². The highest BCUT2D eigenvalue weighted by molar-refractivity contribution is 5.77. The molecule has 1 heterocycles. The Morgan fingerprint density at radius 3 is 2.75 bits per heavy atom. The molecule has 2 fully saturated rings. The summed E-state index contributed by atoms with van der Waals surface area (Å²) in [6.45, 7) is 3.93. The molecule has 20 heavy (non-hydrogen) atoms. The van der Waals surface area contributed by atoms with Crippen LogP contribution >= 0.6 is 0 Å². The SMILES string of the molecule is CC1CCCC(CCNC(=O)N2CCC(C(=O)O)C2)C1. The van der Waals surface area contributed by atoms with Crippen LogP contribution in [0.25, 0.3) is 0 Å². The van der Waals surface area contributed by atoms with Crippen LogP contribution in [0, 0.1) is 17.8 Å². The second-order valence-electron chi connectivity index (χ2n) is 6.43. The van der Waals surface area contributed by atoms with Gasteiger partial charge in [0, 0.05) is 19.6 Å². The first kappa shape index (κ1) is 15.1. The molecule has 114 valence electrons. The number of nitrogens with zero attached hydrogens (tertiary/aromatic N) is 1. The lowest BCUT2D eigenvalue weighted by Gasteiger charge is -2.27. The fourth-order valence-electron chi connectivity index (χ4n) is 3.46. The topological polar surface area (TPSA) is 69.6 Å². The van der Waals surface area contributed by atoms with Crippen molar-refractivity contribution in [2.75, 3.05) is 19.6 Å². The Balaban J connectivity index is 1.64. The zero-order valence-corrected chi connectivity index (χ0v) is 12.3. The van der Waals surface area contributed by atoms with Gasteiger partial charge in [0.15, 0.2) is 0 Å². The van der Waals surface area contributed by atoms with Crippen molar-refractivity contribution < 1.29 is 14.7 Å². The van der Waals surface area contributed by atoms with Gasteiger partial charge in [-0.15, -0.1) is 0 Å². The van der Waals surface area contributed by atoms with Crippen LogP contribution in [0.3, 0.4) is 0 Å². The fraction of sp³-hybridized carbons (Fsp3) is 0.867. The van der Waals surface area contributed by atoms with E-state index in [0.717, 1.165) is 18.3 Å². The summed E-state index contributed by atoms with van der Waals surface area (Å²) in [7, 11) is 0. The number of aliphatic carboxylic acids is 1. The minimum atomic E-state index is -0.795. The molecular weight excluding hydrogens is 256 g/mol. The van der Waals surface area contributed by atoms with Crippen LogP contribution in [0.1, 0.15) is 45.4 Å². The molecular formula is C15H26N2O3. The summed E-state index contributed by atoms with van der Waals surface area (Å²) in [5.41, 5.74) is 0. The van der Waals surface area contributed by atoms with E-state index in [0.29, 0.717) is 26.1 Å². The van der Waals surface area contributed by atoms with E-state index >= 15 is 0 Å². The zero-order valence-electron chi connectivity index (χ0n) is 12.3. The normalized spacial score (nSPS) is 30.2. The maximum atomic E-state index is 11.9. The maximum Gasteiger partial charge on any atom is 0.317 e. The van der Waals surface area contributed by atoms with E-state index in [1.54, 1.807) is 4.90 Å². The van der Waals surface area contributed by atoms with Gasteiger partial charge in [0.25, 0.3) is 0 Å². The highest BCUT2D eigenvalue weighted by Crippen LogP contribution is 2.30. The number of amides is 2. The molecule has 1 aliphatic heterocycles. The molecule has 5 heteroatoms. The molecule has 2 amide bonds. The third kappa shape index (κ3) is 4.12. The average molecular weight is 282 g/mol. The molecule has 1 saturated carbocycles. The summed E-state index contributed by atoms with van der Waals surface area (Å²) in [5.74, 6) is 0.375. The third-order valence-electron chi connectivity index (χ3n) is 4.70. The predicted octanol–water partition coefficient (Wildman–Crippen LogP) is 2.32. The number of hydrogen-bond acceptors (Lipinski definition) is 2. The Hall–Kier alpha value is -1.26. The van der Waals surface area contributed by atoms with Crippen LogP contribution in [-0.4, -0.2) is 41.6 Å². The molecule has 2 N–H and O–H groups in total. The van der Waals surface area contributed by atoms with Gasteiger partial charge in [-0.2, -0.15) is 0 Å². The molecule has 1 saturated heterocycles. The molecule has 2 aliphatic rings. The summed E-state index contributed by atoms with van der Waals surface area (Å²) in [6.07, 6.45) is 6.83. The van der Waals surface area contributed by atoms with Gasteiger partial charge in [0.2, 0.25) is 0 Å². The molecule has 0 bridgehead atoms. The van der Waals surface area contributed by atoms with Gasteiger partial charge in [0.1, 0.15) is 0 Å². The molecule has 2 rings (SSSR count). The predicted molar refractivity (Wildman–Crippen MR) is 76.5 cm³/mol. The van der Waals surface area contributed by atoms with E-state index in [4.69, 9.17) is 5.11 Å². The summed E-state index contributed by atoms with van der Waals surface area (Å²) in [4.78, 5) is 24.4. The smallest absolute Gasteiger partial charge is 0.317 e. The summed E-state index contributed by atoms with van der Waals surface area (Å²) in [5, 5.41) is 11.9. The Morgan fingerprint density at radius 1 is 1.30 bits per heavy atom. The summed E-state index contributed by atoms with van der Waals surface area (Å²) < 4.78 is 0. The minimum Gasteiger partial charge on any atom is -0.481 e. The number of nitrogens with one attached hydrogen (secondary N) is 1. The number of urea groups is 1. The second-order valence-corrected chi connectivity index (χ2v) is 6.43. The van der Waals surface area contributed by atoms with Crippen LogP contribution in [-0.2, 0) is 4.79 Å². The Morgan fingerprint density at radius 2 is 2.10 bits per heavy atom. The van der Waals surface area contributed by atoms with Crippen molar-refractivity contribution in [1.82, 2.24) is 10.2 Å². The highest BCUT2D eigenvalue weighted by Gasteiger charge is 2.30. The molecule has 3 atom stereocenters. The van der Waals surface area contributed by atoms with Gasteiger partial charge in [-0.25, -0.2) is 4.79 Å². The molecule has 0 aromatic rings. The zero-order chi connectivity index (χ0) is 14.5. The molecule has 0 aromatic heterocycles. The van der Waals surface area contributed by atoms with Crippen molar-refractivity contribution in [3.8, 4) is 0 Å². The largest absolute Gasteiger partial charge is 0.481 e. The van der Waals surface area contributed by atoms with Crippen molar-refractivity contribution in [2.45, 2.75) is 45.4 Å². The van der Waals surface area contributed by atoms with Gasteiger partial charge in [-0.3, -0.25) is 4.79 Å². The van der Waals surface area contributed by atoms with Crippen LogP contribution in [0.4, 0.5) is 4.79 Å². The average Bonchev–Trinajstić information content (AvgIpc) is 2.88. The van der Waals surface area contributed by atoms with E-state index in [2.05, 4.69) is 12.2 Å². The lowest BCUT2D eigenvalue weighted by atomic mass is 9.81.